The minimum atomic E-state index is -5.10. The van der Waals surface area contributed by atoms with Crippen molar-refractivity contribution in [2.45, 2.75) is 26.5 Å². The van der Waals surface area contributed by atoms with E-state index in [-0.39, 0.29) is 18.4 Å². The molecule has 0 aliphatic heterocycles. The molecule has 0 radical (unpaired) electrons. The lowest BCUT2D eigenvalue weighted by molar-refractivity contribution is 0.283. The molecule has 0 fully saturated rings. The van der Waals surface area contributed by atoms with Crippen molar-refractivity contribution in [3.63, 3.8) is 0 Å². The summed E-state index contributed by atoms with van der Waals surface area (Å²) >= 11 is 0. The molecule has 1 aromatic heterocycles. The third-order valence-corrected chi connectivity index (χ3v) is 2.76. The van der Waals surface area contributed by atoms with E-state index in [9.17, 15) is 12.9 Å². The van der Waals surface area contributed by atoms with Gasteiger partial charge in [0, 0.05) is 6.04 Å². The first-order valence-corrected chi connectivity index (χ1v) is 6.19. The van der Waals surface area contributed by atoms with Gasteiger partial charge >= 0.3 is 6.98 Å². The number of rotatable bonds is 5. The van der Waals surface area contributed by atoms with Crippen LogP contribution >= 0.6 is 0 Å². The second-order valence-electron chi connectivity index (χ2n) is 4.62. The molecule has 0 saturated heterocycles. The molecule has 0 amide bonds. The van der Waals surface area contributed by atoms with Crippen LogP contribution in [0.3, 0.4) is 0 Å². The van der Waals surface area contributed by atoms with Gasteiger partial charge in [-0.25, -0.2) is 9.67 Å². The van der Waals surface area contributed by atoms with Crippen LogP contribution in [-0.4, -0.2) is 21.7 Å². The topological polar surface area (TPSA) is 39.9 Å². The normalized spacial score (nSPS) is 11.9. The van der Waals surface area contributed by atoms with E-state index in [2.05, 4.69) is 10.1 Å². The number of halogens is 3. The molecule has 20 heavy (non-hydrogen) atoms. The minimum absolute atomic E-state index is 0.0542. The molecule has 2 rings (SSSR count). The van der Waals surface area contributed by atoms with E-state index >= 15 is 0 Å². The zero-order valence-electron chi connectivity index (χ0n) is 11.1. The average molecular weight is 284 g/mol. The molecule has 0 unspecified atom stereocenters. The maximum absolute atomic E-state index is 12.9. The van der Waals surface area contributed by atoms with Crippen molar-refractivity contribution in [1.29, 1.82) is 0 Å². The van der Waals surface area contributed by atoms with E-state index in [1.54, 1.807) is 4.68 Å². The van der Waals surface area contributed by atoms with Crippen LogP contribution in [0.25, 0.3) is 0 Å². The third-order valence-electron chi connectivity index (χ3n) is 2.76. The van der Waals surface area contributed by atoms with Crippen molar-refractivity contribution in [2.24, 2.45) is 0 Å². The van der Waals surface area contributed by atoms with E-state index in [4.69, 9.17) is 4.74 Å². The van der Waals surface area contributed by atoms with Crippen LogP contribution in [0.2, 0.25) is 0 Å². The molecule has 0 aliphatic rings. The van der Waals surface area contributed by atoms with Crippen LogP contribution in [0.15, 0.2) is 30.6 Å². The van der Waals surface area contributed by atoms with Gasteiger partial charge in [-0.1, -0.05) is 23.7 Å². The molecule has 1 aromatic carbocycles. The van der Waals surface area contributed by atoms with Gasteiger partial charge in [-0.15, -0.1) is 0 Å². The van der Waals surface area contributed by atoms with Gasteiger partial charge in [-0.2, -0.15) is 5.10 Å². The number of para-hydroxylation sites is 1. The Hall–Kier alpha value is -1.99. The van der Waals surface area contributed by atoms with Gasteiger partial charge in [-0.3, -0.25) is 0 Å². The molecule has 0 saturated carbocycles. The highest BCUT2D eigenvalue weighted by Gasteiger charge is 2.29. The van der Waals surface area contributed by atoms with Crippen molar-refractivity contribution in [2.75, 3.05) is 0 Å². The Bertz CT molecular complexity index is 583. The molecule has 0 bridgehead atoms. The SMILES string of the molecule is CC(C)n1ncnc1COc1ccccc1[B-](F)(F)F. The van der Waals surface area contributed by atoms with Gasteiger partial charge in [0.2, 0.25) is 0 Å². The summed E-state index contributed by atoms with van der Waals surface area (Å²) in [6, 6.07) is 5.24. The Morgan fingerprint density at radius 1 is 1.25 bits per heavy atom. The quantitative estimate of drug-likeness (QED) is 0.792. The third kappa shape index (κ3) is 3.12. The molecular formula is C12H14BF3N3O-. The predicted molar refractivity (Wildman–Crippen MR) is 69.9 cm³/mol. The van der Waals surface area contributed by atoms with Crippen LogP contribution in [0, 0.1) is 0 Å². The molecular weight excluding hydrogens is 270 g/mol. The van der Waals surface area contributed by atoms with Crippen molar-refractivity contribution < 1.29 is 17.7 Å². The number of hydrogen-bond donors (Lipinski definition) is 0. The second-order valence-corrected chi connectivity index (χ2v) is 4.62. The van der Waals surface area contributed by atoms with E-state index in [1.165, 1.54) is 24.5 Å². The smallest absolute Gasteiger partial charge is 0.489 e. The summed E-state index contributed by atoms with van der Waals surface area (Å²) in [6.07, 6.45) is 1.36. The maximum Gasteiger partial charge on any atom is 0.513 e. The lowest BCUT2D eigenvalue weighted by Gasteiger charge is -2.19. The van der Waals surface area contributed by atoms with Gasteiger partial charge in [0.1, 0.15) is 12.9 Å². The van der Waals surface area contributed by atoms with E-state index in [1.807, 2.05) is 13.8 Å². The first kappa shape index (κ1) is 14.4. The Morgan fingerprint density at radius 3 is 2.60 bits per heavy atom. The monoisotopic (exact) mass is 284 g/mol. The van der Waals surface area contributed by atoms with E-state index < -0.39 is 12.4 Å². The second kappa shape index (κ2) is 5.56. The highest BCUT2D eigenvalue weighted by molar-refractivity contribution is 6.74. The number of benzene rings is 1. The average Bonchev–Trinajstić information content (AvgIpc) is 2.84. The van der Waals surface area contributed by atoms with E-state index in [0.29, 0.717) is 5.82 Å². The van der Waals surface area contributed by atoms with Crippen molar-refractivity contribution >= 4 is 12.4 Å². The Morgan fingerprint density at radius 2 is 1.95 bits per heavy atom. The highest BCUT2D eigenvalue weighted by atomic mass is 19.4. The Labute approximate surface area is 114 Å². The van der Waals surface area contributed by atoms with Gasteiger partial charge in [0.25, 0.3) is 0 Å². The number of hydrogen-bond acceptors (Lipinski definition) is 3. The number of nitrogens with zero attached hydrogens (tertiary/aromatic N) is 3. The zero-order valence-corrected chi connectivity index (χ0v) is 11.1. The number of aromatic nitrogens is 3. The summed E-state index contributed by atoms with van der Waals surface area (Å²) in [6.45, 7) is -1.34. The molecule has 4 nitrogen and oxygen atoms in total. The molecule has 8 heteroatoms. The molecule has 0 atom stereocenters. The molecule has 108 valence electrons. The molecule has 1 heterocycles. The highest BCUT2D eigenvalue weighted by Crippen LogP contribution is 2.18. The summed E-state index contributed by atoms with van der Waals surface area (Å²) < 4.78 is 45.5. The van der Waals surface area contributed by atoms with E-state index in [0.717, 1.165) is 6.07 Å². The lowest BCUT2D eigenvalue weighted by atomic mass is 9.79. The zero-order chi connectivity index (χ0) is 14.8. The van der Waals surface area contributed by atoms with Crippen molar-refractivity contribution in [3.05, 3.63) is 36.4 Å². The minimum Gasteiger partial charge on any atom is -0.489 e. The van der Waals surface area contributed by atoms with Crippen molar-refractivity contribution in [1.82, 2.24) is 14.8 Å². The predicted octanol–water partition coefficient (Wildman–Crippen LogP) is 2.49. The number of ether oxygens (including phenoxy) is 1. The van der Waals surface area contributed by atoms with Gasteiger partial charge < -0.3 is 17.7 Å². The van der Waals surface area contributed by atoms with Crippen LogP contribution in [-0.2, 0) is 6.61 Å². The van der Waals surface area contributed by atoms with Gasteiger partial charge in [-0.05, 0) is 19.9 Å². The first-order valence-electron chi connectivity index (χ1n) is 6.19. The Kier molecular flexibility index (Phi) is 4.01. The van der Waals surface area contributed by atoms with Crippen LogP contribution in [0.1, 0.15) is 25.7 Å². The standard InChI is InChI=1S/C12H14BF3N3O/c1-9(2)19-12(17-8-18-19)7-20-11-6-4-3-5-10(11)13(14,15)16/h3-6,8-9H,7H2,1-2H3/q-1. The first-order chi connectivity index (χ1) is 9.39. The van der Waals surface area contributed by atoms with Gasteiger partial charge in [0.15, 0.2) is 5.82 Å². The lowest BCUT2D eigenvalue weighted by Crippen LogP contribution is -2.35. The molecule has 0 N–H and O–H groups in total. The molecule has 0 spiro atoms. The molecule has 0 aliphatic carbocycles. The van der Waals surface area contributed by atoms with Gasteiger partial charge in [0.05, 0.1) is 5.75 Å². The molecule has 2 aromatic rings. The van der Waals surface area contributed by atoms with Crippen LogP contribution in [0.5, 0.6) is 5.75 Å². The van der Waals surface area contributed by atoms with Crippen molar-refractivity contribution in [3.8, 4) is 5.75 Å². The largest absolute Gasteiger partial charge is 0.513 e. The summed E-state index contributed by atoms with van der Waals surface area (Å²) in [5.41, 5.74) is -0.733. The fraction of sp³-hybridized carbons (Fsp3) is 0.333. The maximum atomic E-state index is 12.9. The summed E-state index contributed by atoms with van der Waals surface area (Å²) in [5.74, 6) is 0.308. The fourth-order valence-electron chi connectivity index (χ4n) is 1.83. The summed E-state index contributed by atoms with van der Waals surface area (Å²) in [5, 5.41) is 4.01. The fourth-order valence-corrected chi connectivity index (χ4v) is 1.83. The summed E-state index contributed by atoms with van der Waals surface area (Å²) in [4.78, 5) is 4.00. The van der Waals surface area contributed by atoms with Crippen LogP contribution < -0.4 is 10.2 Å². The Balaban J connectivity index is 2.18. The summed E-state index contributed by atoms with van der Waals surface area (Å²) in [7, 11) is 0. The van der Waals surface area contributed by atoms with Crippen LogP contribution in [0.4, 0.5) is 12.9 Å².